The van der Waals surface area contributed by atoms with Gasteiger partial charge in [-0.2, -0.15) is 0 Å². The summed E-state index contributed by atoms with van der Waals surface area (Å²) >= 11 is 0. The average Bonchev–Trinajstić information content (AvgIpc) is 3.02. The Labute approximate surface area is 136 Å². The van der Waals surface area contributed by atoms with Crippen molar-refractivity contribution in [3.05, 3.63) is 53.7 Å². The average molecular weight is 306 g/mol. The molecular weight excluding hydrogens is 284 g/mol. The molecule has 1 aliphatic heterocycles. The lowest BCUT2D eigenvalue weighted by molar-refractivity contribution is 0.583. The first-order valence-corrected chi connectivity index (χ1v) is 8.24. The number of imidazole rings is 1. The van der Waals surface area contributed by atoms with E-state index in [-0.39, 0.29) is 0 Å². The first-order valence-electron chi connectivity index (χ1n) is 8.24. The van der Waals surface area contributed by atoms with Crippen LogP contribution < -0.4 is 10.2 Å². The fraction of sp³-hybridized carbons (Fsp3) is 0.316. The normalized spacial score (nSPS) is 15.3. The van der Waals surface area contributed by atoms with E-state index in [2.05, 4.69) is 71.1 Å². The van der Waals surface area contributed by atoms with E-state index in [1.54, 1.807) is 0 Å². The van der Waals surface area contributed by atoms with Gasteiger partial charge < -0.3 is 10.2 Å². The molecule has 3 heterocycles. The van der Waals surface area contributed by atoms with Crippen LogP contribution in [0.3, 0.4) is 0 Å². The minimum absolute atomic E-state index is 1.01. The lowest BCUT2D eigenvalue weighted by Gasteiger charge is -2.29. The van der Waals surface area contributed by atoms with Crippen LogP contribution in [0.5, 0.6) is 0 Å². The van der Waals surface area contributed by atoms with E-state index in [0.717, 1.165) is 37.5 Å². The fourth-order valence-electron chi connectivity index (χ4n) is 3.19. The van der Waals surface area contributed by atoms with Gasteiger partial charge in [0.1, 0.15) is 11.5 Å². The van der Waals surface area contributed by atoms with Gasteiger partial charge in [-0.3, -0.25) is 4.40 Å². The van der Waals surface area contributed by atoms with Crippen molar-refractivity contribution in [2.75, 3.05) is 31.1 Å². The number of hydrogen-bond donors (Lipinski definition) is 1. The summed E-state index contributed by atoms with van der Waals surface area (Å²) in [4.78, 5) is 7.26. The summed E-state index contributed by atoms with van der Waals surface area (Å²) in [5, 5.41) is 3.41. The van der Waals surface area contributed by atoms with Crippen LogP contribution in [0.4, 0.5) is 5.82 Å². The van der Waals surface area contributed by atoms with Gasteiger partial charge in [-0.15, -0.1) is 0 Å². The number of pyridine rings is 1. The molecular formula is C19H22N4. The Morgan fingerprint density at radius 3 is 2.61 bits per heavy atom. The molecule has 0 atom stereocenters. The molecule has 1 aliphatic rings. The van der Waals surface area contributed by atoms with Crippen LogP contribution in [-0.2, 0) is 0 Å². The Balaban J connectivity index is 1.79. The molecule has 1 saturated heterocycles. The maximum Gasteiger partial charge on any atom is 0.139 e. The van der Waals surface area contributed by atoms with Crippen molar-refractivity contribution < 1.29 is 0 Å². The fourth-order valence-corrected chi connectivity index (χ4v) is 3.19. The predicted molar refractivity (Wildman–Crippen MR) is 95.2 cm³/mol. The number of aromatic nitrogens is 2. The van der Waals surface area contributed by atoms with E-state index in [1.807, 2.05) is 0 Å². The second-order valence-corrected chi connectivity index (χ2v) is 6.27. The zero-order chi connectivity index (χ0) is 15.8. The van der Waals surface area contributed by atoms with Crippen molar-refractivity contribution in [3.8, 4) is 11.3 Å². The lowest BCUT2D eigenvalue weighted by Crippen LogP contribution is -2.44. The molecule has 1 fully saturated rings. The second-order valence-electron chi connectivity index (χ2n) is 6.27. The second kappa shape index (κ2) is 5.70. The highest BCUT2D eigenvalue weighted by Crippen LogP contribution is 2.25. The standard InChI is InChI=1S/C19H22N4/c1-14-6-7-16(12-15(14)2)17-13-23-18(21-17)4-3-5-19(23)22-10-8-20-9-11-22/h3-7,12-13,20H,8-11H2,1-2H3. The number of anilines is 1. The highest BCUT2D eigenvalue weighted by Gasteiger charge is 2.14. The summed E-state index contributed by atoms with van der Waals surface area (Å²) in [6.07, 6.45) is 2.16. The van der Waals surface area contributed by atoms with Crippen molar-refractivity contribution in [1.29, 1.82) is 0 Å². The predicted octanol–water partition coefficient (Wildman–Crippen LogP) is 3.03. The molecule has 0 spiro atoms. The smallest absolute Gasteiger partial charge is 0.139 e. The quantitative estimate of drug-likeness (QED) is 0.790. The number of benzene rings is 1. The van der Waals surface area contributed by atoms with Gasteiger partial charge in [0.2, 0.25) is 0 Å². The van der Waals surface area contributed by atoms with Crippen molar-refractivity contribution in [2.24, 2.45) is 0 Å². The molecule has 2 aromatic heterocycles. The van der Waals surface area contributed by atoms with Crippen LogP contribution >= 0.6 is 0 Å². The number of nitrogens with one attached hydrogen (secondary N) is 1. The molecule has 3 aromatic rings. The van der Waals surface area contributed by atoms with Crippen LogP contribution in [0.1, 0.15) is 11.1 Å². The number of aryl methyl sites for hydroxylation is 2. The monoisotopic (exact) mass is 306 g/mol. The first-order chi connectivity index (χ1) is 11.2. The molecule has 1 aromatic carbocycles. The van der Waals surface area contributed by atoms with Crippen LogP contribution in [-0.4, -0.2) is 35.6 Å². The minimum atomic E-state index is 1.01. The van der Waals surface area contributed by atoms with Crippen LogP contribution in [0.25, 0.3) is 16.9 Å². The van der Waals surface area contributed by atoms with E-state index in [4.69, 9.17) is 4.98 Å². The van der Waals surface area contributed by atoms with Gasteiger partial charge in [-0.05, 0) is 43.2 Å². The van der Waals surface area contributed by atoms with E-state index < -0.39 is 0 Å². The largest absolute Gasteiger partial charge is 0.355 e. The molecule has 0 bridgehead atoms. The summed E-state index contributed by atoms with van der Waals surface area (Å²) in [6.45, 7) is 8.45. The molecule has 1 N–H and O–H groups in total. The molecule has 23 heavy (non-hydrogen) atoms. The van der Waals surface area contributed by atoms with Crippen LogP contribution in [0, 0.1) is 13.8 Å². The van der Waals surface area contributed by atoms with Gasteiger partial charge in [0, 0.05) is 37.9 Å². The van der Waals surface area contributed by atoms with Crippen molar-refractivity contribution in [1.82, 2.24) is 14.7 Å². The maximum absolute atomic E-state index is 4.83. The minimum Gasteiger partial charge on any atom is -0.355 e. The molecule has 4 heteroatoms. The third-order valence-electron chi connectivity index (χ3n) is 4.71. The Kier molecular flexibility index (Phi) is 3.54. The third kappa shape index (κ3) is 2.59. The van der Waals surface area contributed by atoms with Crippen molar-refractivity contribution in [3.63, 3.8) is 0 Å². The van der Waals surface area contributed by atoms with Crippen LogP contribution in [0.2, 0.25) is 0 Å². The first kappa shape index (κ1) is 14.3. The van der Waals surface area contributed by atoms with Gasteiger partial charge in [0.15, 0.2) is 0 Å². The van der Waals surface area contributed by atoms with Gasteiger partial charge >= 0.3 is 0 Å². The number of rotatable bonds is 2. The van der Waals surface area contributed by atoms with Gasteiger partial charge in [0.25, 0.3) is 0 Å². The van der Waals surface area contributed by atoms with E-state index in [9.17, 15) is 0 Å². The molecule has 0 aliphatic carbocycles. The van der Waals surface area contributed by atoms with Crippen molar-refractivity contribution in [2.45, 2.75) is 13.8 Å². The van der Waals surface area contributed by atoms with Gasteiger partial charge in [-0.25, -0.2) is 4.98 Å². The SMILES string of the molecule is Cc1ccc(-c2cn3c(N4CCNCC4)cccc3n2)cc1C. The summed E-state index contributed by atoms with van der Waals surface area (Å²) in [7, 11) is 0. The molecule has 0 saturated carbocycles. The summed E-state index contributed by atoms with van der Waals surface area (Å²) in [5.41, 5.74) is 5.86. The zero-order valence-electron chi connectivity index (χ0n) is 13.7. The number of nitrogens with zero attached hydrogens (tertiary/aromatic N) is 3. The zero-order valence-corrected chi connectivity index (χ0v) is 13.7. The van der Waals surface area contributed by atoms with E-state index in [0.29, 0.717) is 0 Å². The van der Waals surface area contributed by atoms with E-state index >= 15 is 0 Å². The molecule has 0 radical (unpaired) electrons. The highest BCUT2D eigenvalue weighted by molar-refractivity contribution is 5.66. The van der Waals surface area contributed by atoms with Gasteiger partial charge in [-0.1, -0.05) is 18.2 Å². The molecule has 4 rings (SSSR count). The summed E-state index contributed by atoms with van der Waals surface area (Å²) in [5.74, 6) is 1.23. The molecule has 0 unspecified atom stereocenters. The summed E-state index contributed by atoms with van der Waals surface area (Å²) < 4.78 is 2.22. The Hall–Kier alpha value is -2.33. The summed E-state index contributed by atoms with van der Waals surface area (Å²) in [6, 6.07) is 12.9. The topological polar surface area (TPSA) is 32.6 Å². The Morgan fingerprint density at radius 1 is 1.00 bits per heavy atom. The molecule has 4 nitrogen and oxygen atoms in total. The lowest BCUT2D eigenvalue weighted by atomic mass is 10.1. The molecule has 118 valence electrons. The number of piperazine rings is 1. The number of hydrogen-bond acceptors (Lipinski definition) is 3. The highest BCUT2D eigenvalue weighted by atomic mass is 15.3. The Bertz CT molecular complexity index is 844. The van der Waals surface area contributed by atoms with Crippen LogP contribution in [0.15, 0.2) is 42.6 Å². The van der Waals surface area contributed by atoms with E-state index in [1.165, 1.54) is 22.5 Å². The Morgan fingerprint density at radius 2 is 1.83 bits per heavy atom. The molecule has 0 amide bonds. The number of fused-ring (bicyclic) bond motifs is 1. The van der Waals surface area contributed by atoms with Crippen molar-refractivity contribution >= 4 is 11.5 Å². The third-order valence-corrected chi connectivity index (χ3v) is 4.71. The maximum atomic E-state index is 4.83. The van der Waals surface area contributed by atoms with Gasteiger partial charge in [0.05, 0.1) is 5.69 Å².